The molecule has 2 aromatic rings. The quantitative estimate of drug-likeness (QED) is 0.576. The van der Waals surface area contributed by atoms with Gasteiger partial charge in [0.15, 0.2) is 0 Å². The maximum atomic E-state index is 14.4. The van der Waals surface area contributed by atoms with Crippen LogP contribution in [0.4, 0.5) is 10.2 Å². The molecule has 2 unspecified atom stereocenters. The van der Waals surface area contributed by atoms with E-state index in [2.05, 4.69) is 27.0 Å². The fourth-order valence-corrected chi connectivity index (χ4v) is 8.56. The summed E-state index contributed by atoms with van der Waals surface area (Å²) in [5, 5.41) is 14.6. The van der Waals surface area contributed by atoms with Crippen LogP contribution in [0.1, 0.15) is 55.8 Å². The summed E-state index contributed by atoms with van der Waals surface area (Å²) in [6.07, 6.45) is 12.8. The van der Waals surface area contributed by atoms with Crippen molar-refractivity contribution in [2.24, 2.45) is 17.6 Å². The summed E-state index contributed by atoms with van der Waals surface area (Å²) in [7, 11) is 0. The topological polar surface area (TPSA) is 118 Å². The Bertz CT molecular complexity index is 1480. The summed E-state index contributed by atoms with van der Waals surface area (Å²) in [5.41, 5.74) is 9.26. The van der Waals surface area contributed by atoms with Gasteiger partial charge >= 0.3 is 6.01 Å². The van der Waals surface area contributed by atoms with Crippen LogP contribution >= 0.6 is 0 Å². The molecular weight excluding hydrogens is 535 g/mol. The van der Waals surface area contributed by atoms with Crippen LogP contribution in [-0.2, 0) is 17.8 Å². The van der Waals surface area contributed by atoms with Crippen molar-refractivity contribution in [3.05, 3.63) is 53.1 Å². The zero-order valence-corrected chi connectivity index (χ0v) is 23.8. The highest BCUT2D eigenvalue weighted by Gasteiger charge is 2.53. The highest BCUT2D eigenvalue weighted by atomic mass is 19.1. The van der Waals surface area contributed by atoms with E-state index in [0.717, 1.165) is 68.8 Å². The van der Waals surface area contributed by atoms with Crippen molar-refractivity contribution in [3.63, 3.8) is 0 Å². The summed E-state index contributed by atoms with van der Waals surface area (Å²) in [5.74, 6) is 0.323. The third kappa shape index (κ3) is 4.06. The Morgan fingerprint density at radius 1 is 1.19 bits per heavy atom. The fourth-order valence-electron chi connectivity index (χ4n) is 8.56. The molecule has 3 saturated heterocycles. The molecule has 2 aromatic heterocycles. The number of rotatable bonds is 5. The normalized spacial score (nSPS) is 34.2. The predicted molar refractivity (Wildman–Crippen MR) is 152 cm³/mol. The third-order valence-electron chi connectivity index (χ3n) is 10.7. The van der Waals surface area contributed by atoms with Crippen LogP contribution < -0.4 is 15.4 Å². The van der Waals surface area contributed by atoms with Crippen LogP contribution in [-0.4, -0.2) is 74.7 Å². The fraction of sp³-hybridized carbons (Fsp3) is 0.613. The number of anilines is 1. The second-order valence-corrected chi connectivity index (χ2v) is 13.0. The first-order valence-electron chi connectivity index (χ1n) is 15.3. The van der Waals surface area contributed by atoms with Crippen LogP contribution in [0.25, 0.3) is 0 Å². The minimum Gasteiger partial charge on any atom is -0.461 e. The second-order valence-electron chi connectivity index (χ2n) is 13.0. The molecule has 5 atom stereocenters. The smallest absolute Gasteiger partial charge is 0.318 e. The number of aromatic nitrogens is 4. The van der Waals surface area contributed by atoms with Crippen molar-refractivity contribution >= 4 is 5.82 Å². The lowest BCUT2D eigenvalue weighted by molar-refractivity contribution is -0.119. The van der Waals surface area contributed by atoms with Crippen LogP contribution in [0.5, 0.6) is 6.01 Å². The molecule has 6 heterocycles. The summed E-state index contributed by atoms with van der Waals surface area (Å²) in [6.45, 7) is 3.72. The zero-order chi connectivity index (χ0) is 28.5. The monoisotopic (exact) mass is 572 g/mol. The molecule has 6 aliphatic rings. The minimum absolute atomic E-state index is 0.101. The first-order chi connectivity index (χ1) is 20.5. The molecule has 11 heteroatoms. The van der Waals surface area contributed by atoms with Crippen LogP contribution in [0, 0.1) is 23.2 Å². The molecule has 220 valence electrons. The standard InChI is InChI=1S/C31H37FN8O2/c32-21-12-30(7-2-10-39(30)15-21)19-41-29-36-26-13-31(8-1-4-20-5-6-25(34)23(14-33)27(20)31)42-18-24(26)28(37-29)38-16-22(17-38)40-11-3-9-35-40/h3,5-6,9,11,21-23,27H,1-2,4,7-8,10,12-13,15-19,34H2/t21-,23?,27?,30+,31+/m1/s1. The number of hydrogen-bond acceptors (Lipinski definition) is 9. The van der Waals surface area contributed by atoms with Gasteiger partial charge in [-0.05, 0) is 50.8 Å². The second kappa shape index (κ2) is 9.78. The van der Waals surface area contributed by atoms with E-state index in [-0.39, 0.29) is 17.5 Å². The van der Waals surface area contributed by atoms with E-state index in [4.69, 9.17) is 25.2 Å². The molecule has 1 spiro atoms. The number of fused-ring (bicyclic) bond motifs is 4. The summed E-state index contributed by atoms with van der Waals surface area (Å²) < 4.78 is 29.6. The molecular formula is C31H37FN8O2. The summed E-state index contributed by atoms with van der Waals surface area (Å²) in [4.78, 5) is 14.5. The van der Waals surface area contributed by atoms with Crippen molar-refractivity contribution in [1.82, 2.24) is 24.6 Å². The van der Waals surface area contributed by atoms with Crippen LogP contribution in [0.2, 0.25) is 0 Å². The highest BCUT2D eigenvalue weighted by Crippen LogP contribution is 2.52. The maximum absolute atomic E-state index is 14.4. The Kier molecular flexibility index (Phi) is 6.09. The lowest BCUT2D eigenvalue weighted by atomic mass is 9.62. The molecule has 1 saturated carbocycles. The Balaban J connectivity index is 1.12. The Morgan fingerprint density at radius 2 is 2.10 bits per heavy atom. The molecule has 42 heavy (non-hydrogen) atoms. The van der Waals surface area contributed by atoms with Crippen molar-refractivity contribution < 1.29 is 13.9 Å². The van der Waals surface area contributed by atoms with Gasteiger partial charge in [0.1, 0.15) is 18.6 Å². The molecule has 2 aliphatic carbocycles. The van der Waals surface area contributed by atoms with E-state index in [1.807, 2.05) is 23.0 Å². The number of nitrogens with two attached hydrogens (primary N) is 1. The summed E-state index contributed by atoms with van der Waals surface area (Å²) >= 11 is 0. The lowest BCUT2D eigenvalue weighted by Crippen LogP contribution is -2.53. The van der Waals surface area contributed by atoms with Gasteiger partial charge < -0.3 is 20.1 Å². The van der Waals surface area contributed by atoms with E-state index in [1.54, 1.807) is 6.20 Å². The molecule has 0 bridgehead atoms. The van der Waals surface area contributed by atoms with Crippen molar-refractivity contribution in [1.29, 1.82) is 5.26 Å². The average Bonchev–Trinajstić information content (AvgIpc) is 3.68. The van der Waals surface area contributed by atoms with E-state index in [1.165, 1.54) is 5.57 Å². The van der Waals surface area contributed by atoms with Gasteiger partial charge in [-0.1, -0.05) is 11.6 Å². The van der Waals surface area contributed by atoms with Crippen LogP contribution in [0.15, 0.2) is 41.9 Å². The van der Waals surface area contributed by atoms with Crippen molar-refractivity contribution in [2.75, 3.05) is 37.7 Å². The third-order valence-corrected chi connectivity index (χ3v) is 10.7. The summed E-state index contributed by atoms with van der Waals surface area (Å²) in [6, 6.07) is 5.04. The van der Waals surface area contributed by atoms with Crippen molar-refractivity contribution in [2.45, 2.75) is 74.9 Å². The molecule has 2 N–H and O–H groups in total. The van der Waals surface area contributed by atoms with E-state index in [0.29, 0.717) is 44.3 Å². The maximum Gasteiger partial charge on any atom is 0.318 e. The van der Waals surface area contributed by atoms with Gasteiger partial charge in [-0.3, -0.25) is 9.58 Å². The number of nitrogens with zero attached hydrogens (tertiary/aromatic N) is 7. The molecule has 0 radical (unpaired) electrons. The van der Waals surface area contributed by atoms with E-state index in [9.17, 15) is 9.65 Å². The Morgan fingerprint density at radius 3 is 2.93 bits per heavy atom. The SMILES string of the molecule is N#CC1C(N)=CC=C2CCC[C@]3(Cc4nc(OC[C@@]56CCCN5C[C@H](F)C6)nc(N5CC(n6cccn6)C5)c4CO3)C21. The number of alkyl halides is 1. The number of halogens is 1. The lowest BCUT2D eigenvalue weighted by Gasteiger charge is -2.50. The zero-order valence-electron chi connectivity index (χ0n) is 23.8. The number of ether oxygens (including phenoxy) is 2. The molecule has 8 rings (SSSR count). The number of hydrogen-bond donors (Lipinski definition) is 1. The number of allylic oxidation sites excluding steroid dienone is 3. The first-order valence-corrected chi connectivity index (χ1v) is 15.3. The Hall–Kier alpha value is -3.49. The predicted octanol–water partition coefficient (Wildman–Crippen LogP) is 3.22. The molecule has 0 amide bonds. The van der Waals surface area contributed by atoms with Crippen LogP contribution in [0.3, 0.4) is 0 Å². The van der Waals surface area contributed by atoms with Gasteiger partial charge in [0, 0.05) is 62.0 Å². The van der Waals surface area contributed by atoms with E-state index < -0.39 is 17.7 Å². The van der Waals surface area contributed by atoms with Gasteiger partial charge in [-0.2, -0.15) is 20.3 Å². The largest absolute Gasteiger partial charge is 0.461 e. The first kappa shape index (κ1) is 26.2. The van der Waals surface area contributed by atoms with Gasteiger partial charge in [0.05, 0.1) is 41.5 Å². The minimum atomic E-state index is -0.815. The van der Waals surface area contributed by atoms with Gasteiger partial charge in [0.25, 0.3) is 0 Å². The molecule has 10 nitrogen and oxygen atoms in total. The van der Waals surface area contributed by atoms with Gasteiger partial charge in [-0.25, -0.2) is 4.39 Å². The average molecular weight is 573 g/mol. The van der Waals surface area contributed by atoms with Crippen molar-refractivity contribution in [3.8, 4) is 12.1 Å². The van der Waals surface area contributed by atoms with Gasteiger partial charge in [0.2, 0.25) is 0 Å². The molecule has 4 aliphatic heterocycles. The highest BCUT2D eigenvalue weighted by molar-refractivity contribution is 5.53. The molecule has 4 fully saturated rings. The molecule has 0 aromatic carbocycles. The van der Waals surface area contributed by atoms with Gasteiger partial charge in [-0.15, -0.1) is 0 Å². The number of nitriles is 1. The Labute approximate surface area is 245 Å². The van der Waals surface area contributed by atoms with E-state index >= 15 is 0 Å².